The molecule has 1 aliphatic rings. The lowest BCUT2D eigenvalue weighted by atomic mass is 10.5. The van der Waals surface area contributed by atoms with E-state index in [0.717, 1.165) is 32.4 Å². The van der Waals surface area contributed by atoms with Gasteiger partial charge in [-0.3, -0.25) is 4.79 Å². The van der Waals surface area contributed by atoms with E-state index in [1.165, 1.54) is 0 Å². The Bertz CT molecular complexity index is 170. The van der Waals surface area contributed by atoms with Crippen molar-refractivity contribution in [2.75, 3.05) is 26.3 Å². The molecule has 2 N–H and O–H groups in total. The zero-order valence-electron chi connectivity index (χ0n) is 8.84. The number of hydrogen-bond acceptors (Lipinski definition) is 3. The number of ether oxygens (including phenoxy) is 1. The van der Waals surface area contributed by atoms with E-state index in [1.54, 1.807) is 0 Å². The zero-order chi connectivity index (χ0) is 10.2. The third kappa shape index (κ3) is 5.94. The molecule has 4 heteroatoms. The van der Waals surface area contributed by atoms with Crippen LogP contribution in [0.1, 0.15) is 26.2 Å². The predicted molar refractivity (Wildman–Crippen MR) is 55.1 cm³/mol. The van der Waals surface area contributed by atoms with Crippen LogP contribution in [0.2, 0.25) is 0 Å². The highest BCUT2D eigenvalue weighted by Crippen LogP contribution is 2.18. The van der Waals surface area contributed by atoms with Gasteiger partial charge in [-0.2, -0.15) is 0 Å². The SMILES string of the molecule is CCCNCCOCC(=O)NC1CC1. The van der Waals surface area contributed by atoms with Crippen molar-refractivity contribution in [3.05, 3.63) is 0 Å². The van der Waals surface area contributed by atoms with Gasteiger partial charge in [0.05, 0.1) is 6.61 Å². The molecule has 1 fully saturated rings. The van der Waals surface area contributed by atoms with Gasteiger partial charge in [0.15, 0.2) is 0 Å². The van der Waals surface area contributed by atoms with Crippen LogP contribution in [0, 0.1) is 0 Å². The topological polar surface area (TPSA) is 50.4 Å². The lowest BCUT2D eigenvalue weighted by molar-refractivity contribution is -0.125. The molecule has 14 heavy (non-hydrogen) atoms. The van der Waals surface area contributed by atoms with Crippen LogP contribution >= 0.6 is 0 Å². The molecule has 0 saturated heterocycles. The maximum absolute atomic E-state index is 11.1. The second kappa shape index (κ2) is 6.79. The van der Waals surface area contributed by atoms with E-state index in [0.29, 0.717) is 12.6 Å². The molecular weight excluding hydrogens is 180 g/mol. The summed E-state index contributed by atoms with van der Waals surface area (Å²) in [5.41, 5.74) is 0. The van der Waals surface area contributed by atoms with Crippen molar-refractivity contribution >= 4 is 5.91 Å². The number of nitrogens with one attached hydrogen (secondary N) is 2. The second-order valence-electron chi connectivity index (χ2n) is 3.64. The smallest absolute Gasteiger partial charge is 0.246 e. The Morgan fingerprint density at radius 1 is 1.43 bits per heavy atom. The Morgan fingerprint density at radius 3 is 2.86 bits per heavy atom. The molecule has 0 bridgehead atoms. The highest BCUT2D eigenvalue weighted by atomic mass is 16.5. The summed E-state index contributed by atoms with van der Waals surface area (Å²) < 4.78 is 5.20. The van der Waals surface area contributed by atoms with E-state index >= 15 is 0 Å². The summed E-state index contributed by atoms with van der Waals surface area (Å²) in [6.07, 6.45) is 3.38. The third-order valence-corrected chi connectivity index (χ3v) is 2.03. The van der Waals surface area contributed by atoms with E-state index in [-0.39, 0.29) is 12.5 Å². The van der Waals surface area contributed by atoms with Gasteiger partial charge in [0.1, 0.15) is 6.61 Å². The molecular formula is C10H20N2O2. The molecule has 0 aromatic rings. The monoisotopic (exact) mass is 200 g/mol. The standard InChI is InChI=1S/C10H20N2O2/c1-2-5-11-6-7-14-8-10(13)12-9-3-4-9/h9,11H,2-8H2,1H3,(H,12,13). The quantitative estimate of drug-likeness (QED) is 0.553. The van der Waals surface area contributed by atoms with Gasteiger partial charge in [-0.15, -0.1) is 0 Å². The van der Waals surface area contributed by atoms with E-state index in [2.05, 4.69) is 17.6 Å². The van der Waals surface area contributed by atoms with Crippen LogP contribution in [0.3, 0.4) is 0 Å². The fourth-order valence-electron chi connectivity index (χ4n) is 1.11. The molecule has 0 aromatic heterocycles. The summed E-state index contributed by atoms with van der Waals surface area (Å²) >= 11 is 0. The molecule has 1 amide bonds. The largest absolute Gasteiger partial charge is 0.370 e. The zero-order valence-corrected chi connectivity index (χ0v) is 8.84. The Kier molecular flexibility index (Phi) is 5.56. The number of rotatable bonds is 8. The minimum Gasteiger partial charge on any atom is -0.370 e. The number of carbonyl (C=O) groups is 1. The Morgan fingerprint density at radius 2 is 2.21 bits per heavy atom. The fraction of sp³-hybridized carbons (Fsp3) is 0.900. The summed E-state index contributed by atoms with van der Waals surface area (Å²) in [7, 11) is 0. The number of carbonyl (C=O) groups excluding carboxylic acids is 1. The fourth-order valence-corrected chi connectivity index (χ4v) is 1.11. The molecule has 0 spiro atoms. The average Bonchev–Trinajstić information content (AvgIpc) is 2.95. The van der Waals surface area contributed by atoms with Crippen molar-refractivity contribution in [1.82, 2.24) is 10.6 Å². The molecule has 0 heterocycles. The summed E-state index contributed by atoms with van der Waals surface area (Å²) in [5.74, 6) is 0.0167. The first-order valence-corrected chi connectivity index (χ1v) is 5.40. The van der Waals surface area contributed by atoms with Crippen molar-refractivity contribution in [3.8, 4) is 0 Å². The molecule has 0 aromatic carbocycles. The molecule has 0 radical (unpaired) electrons. The molecule has 1 rings (SSSR count). The maximum atomic E-state index is 11.1. The van der Waals surface area contributed by atoms with Gasteiger partial charge in [0.25, 0.3) is 0 Å². The van der Waals surface area contributed by atoms with Gasteiger partial charge in [-0.25, -0.2) is 0 Å². The van der Waals surface area contributed by atoms with Gasteiger partial charge in [0, 0.05) is 12.6 Å². The first-order chi connectivity index (χ1) is 6.83. The van der Waals surface area contributed by atoms with Crippen LogP contribution in [-0.4, -0.2) is 38.3 Å². The van der Waals surface area contributed by atoms with Crippen LogP contribution < -0.4 is 10.6 Å². The molecule has 0 aliphatic heterocycles. The minimum absolute atomic E-state index is 0.0167. The Balaban J connectivity index is 1.80. The molecule has 0 atom stereocenters. The summed E-state index contributed by atoms with van der Waals surface area (Å²) in [6.45, 7) is 4.77. The van der Waals surface area contributed by atoms with Crippen molar-refractivity contribution in [1.29, 1.82) is 0 Å². The molecule has 4 nitrogen and oxygen atoms in total. The highest BCUT2D eigenvalue weighted by molar-refractivity contribution is 5.77. The third-order valence-electron chi connectivity index (χ3n) is 2.03. The van der Waals surface area contributed by atoms with E-state index in [1.807, 2.05) is 0 Å². The average molecular weight is 200 g/mol. The molecule has 82 valence electrons. The van der Waals surface area contributed by atoms with Crippen molar-refractivity contribution in [2.24, 2.45) is 0 Å². The van der Waals surface area contributed by atoms with Crippen molar-refractivity contribution in [3.63, 3.8) is 0 Å². The van der Waals surface area contributed by atoms with Crippen LogP contribution in [0.4, 0.5) is 0 Å². The van der Waals surface area contributed by atoms with Gasteiger partial charge >= 0.3 is 0 Å². The van der Waals surface area contributed by atoms with Crippen molar-refractivity contribution in [2.45, 2.75) is 32.2 Å². The summed E-state index contributed by atoms with van der Waals surface area (Å²) in [6, 6.07) is 0.435. The summed E-state index contributed by atoms with van der Waals surface area (Å²) in [4.78, 5) is 11.1. The lowest BCUT2D eigenvalue weighted by Crippen LogP contribution is -2.30. The first-order valence-electron chi connectivity index (χ1n) is 5.40. The number of hydrogen-bond donors (Lipinski definition) is 2. The van der Waals surface area contributed by atoms with Crippen molar-refractivity contribution < 1.29 is 9.53 Å². The van der Waals surface area contributed by atoms with Crippen LogP contribution in [0.25, 0.3) is 0 Å². The van der Waals surface area contributed by atoms with Gasteiger partial charge < -0.3 is 15.4 Å². The minimum atomic E-state index is 0.0167. The Labute approximate surface area is 85.4 Å². The van der Waals surface area contributed by atoms with Crippen LogP contribution in [0.15, 0.2) is 0 Å². The van der Waals surface area contributed by atoms with E-state index in [9.17, 15) is 4.79 Å². The van der Waals surface area contributed by atoms with Gasteiger partial charge in [-0.1, -0.05) is 6.92 Å². The predicted octanol–water partition coefficient (Wildman–Crippen LogP) is 0.281. The van der Waals surface area contributed by atoms with Gasteiger partial charge in [-0.05, 0) is 25.8 Å². The van der Waals surface area contributed by atoms with Crippen LogP contribution in [-0.2, 0) is 9.53 Å². The van der Waals surface area contributed by atoms with Crippen LogP contribution in [0.5, 0.6) is 0 Å². The highest BCUT2D eigenvalue weighted by Gasteiger charge is 2.22. The second-order valence-corrected chi connectivity index (χ2v) is 3.64. The molecule has 1 saturated carbocycles. The van der Waals surface area contributed by atoms with Gasteiger partial charge in [0.2, 0.25) is 5.91 Å². The lowest BCUT2D eigenvalue weighted by Gasteiger charge is -2.05. The summed E-state index contributed by atoms with van der Waals surface area (Å²) in [5, 5.41) is 6.08. The maximum Gasteiger partial charge on any atom is 0.246 e. The molecule has 1 aliphatic carbocycles. The molecule has 0 unspecified atom stereocenters. The normalized spacial score (nSPS) is 15.5. The Hall–Kier alpha value is -0.610. The van der Waals surface area contributed by atoms with E-state index in [4.69, 9.17) is 4.74 Å². The first kappa shape index (κ1) is 11.5. The van der Waals surface area contributed by atoms with E-state index < -0.39 is 0 Å². The number of amides is 1.